The fourth-order valence-corrected chi connectivity index (χ4v) is 3.60. The standard InChI is InChI=1S/C19H17Cl2FN4OS/c1-2-9-28-19-25-24-17(26(19)12-7-8-14(20)15(21)10-12)11-23-18(27)13-5-3-4-6-16(13)22/h3-8,10H,2,9,11H2,1H3,(H,23,27). The van der Waals surface area contributed by atoms with Crippen molar-refractivity contribution in [3.8, 4) is 5.69 Å². The Morgan fingerprint density at radius 3 is 2.68 bits per heavy atom. The SMILES string of the molecule is CCCSc1nnc(CNC(=O)c2ccccc2F)n1-c1ccc(Cl)c(Cl)c1. The van der Waals surface area contributed by atoms with Crippen molar-refractivity contribution in [2.75, 3.05) is 5.75 Å². The van der Waals surface area contributed by atoms with Crippen LogP contribution in [0.4, 0.5) is 4.39 Å². The number of nitrogens with one attached hydrogen (secondary N) is 1. The number of benzene rings is 2. The number of hydrogen-bond donors (Lipinski definition) is 1. The van der Waals surface area contributed by atoms with Crippen LogP contribution in [-0.2, 0) is 6.54 Å². The Balaban J connectivity index is 1.88. The maximum Gasteiger partial charge on any atom is 0.254 e. The van der Waals surface area contributed by atoms with E-state index in [-0.39, 0.29) is 12.1 Å². The molecule has 0 fully saturated rings. The second kappa shape index (κ2) is 9.41. The van der Waals surface area contributed by atoms with Crippen molar-refractivity contribution in [1.82, 2.24) is 20.1 Å². The van der Waals surface area contributed by atoms with E-state index in [1.807, 2.05) is 4.57 Å². The molecular weight excluding hydrogens is 422 g/mol. The van der Waals surface area contributed by atoms with E-state index in [1.165, 1.54) is 18.2 Å². The molecule has 1 N–H and O–H groups in total. The molecule has 0 saturated carbocycles. The van der Waals surface area contributed by atoms with E-state index >= 15 is 0 Å². The zero-order valence-corrected chi connectivity index (χ0v) is 17.3. The van der Waals surface area contributed by atoms with Crippen molar-refractivity contribution in [3.05, 3.63) is 69.7 Å². The summed E-state index contributed by atoms with van der Waals surface area (Å²) in [6.07, 6.45) is 0.970. The number of halogens is 3. The summed E-state index contributed by atoms with van der Waals surface area (Å²) in [5.74, 6) is 0.262. The van der Waals surface area contributed by atoms with Crippen LogP contribution in [0.25, 0.3) is 5.69 Å². The normalized spacial score (nSPS) is 10.9. The minimum absolute atomic E-state index is 0.0244. The van der Waals surface area contributed by atoms with Crippen LogP contribution >= 0.6 is 35.0 Å². The third kappa shape index (κ3) is 4.66. The van der Waals surface area contributed by atoms with Crippen LogP contribution in [0.5, 0.6) is 0 Å². The number of rotatable bonds is 7. The van der Waals surface area contributed by atoms with E-state index in [1.54, 1.807) is 36.0 Å². The van der Waals surface area contributed by atoms with E-state index in [0.717, 1.165) is 17.9 Å². The molecule has 28 heavy (non-hydrogen) atoms. The highest BCUT2D eigenvalue weighted by atomic mass is 35.5. The van der Waals surface area contributed by atoms with Gasteiger partial charge in [-0.15, -0.1) is 10.2 Å². The maximum atomic E-state index is 13.8. The Hall–Kier alpha value is -2.09. The number of hydrogen-bond acceptors (Lipinski definition) is 4. The first-order valence-corrected chi connectivity index (χ1v) is 10.3. The fourth-order valence-electron chi connectivity index (χ4n) is 2.49. The third-order valence-electron chi connectivity index (χ3n) is 3.82. The van der Waals surface area contributed by atoms with Gasteiger partial charge in [-0.3, -0.25) is 9.36 Å². The van der Waals surface area contributed by atoms with Gasteiger partial charge in [-0.05, 0) is 36.8 Å². The van der Waals surface area contributed by atoms with Gasteiger partial charge in [0.05, 0.1) is 27.8 Å². The Kier molecular flexibility index (Phi) is 6.93. The Morgan fingerprint density at radius 2 is 1.96 bits per heavy atom. The maximum absolute atomic E-state index is 13.8. The Morgan fingerprint density at radius 1 is 1.18 bits per heavy atom. The van der Waals surface area contributed by atoms with Crippen LogP contribution in [0, 0.1) is 5.82 Å². The molecule has 1 heterocycles. The molecular formula is C19H17Cl2FN4OS. The van der Waals surface area contributed by atoms with E-state index in [0.29, 0.717) is 21.0 Å². The molecule has 9 heteroatoms. The lowest BCUT2D eigenvalue weighted by Crippen LogP contribution is -2.25. The molecule has 0 spiro atoms. The minimum Gasteiger partial charge on any atom is -0.345 e. The molecule has 1 amide bonds. The highest BCUT2D eigenvalue weighted by molar-refractivity contribution is 7.99. The molecule has 0 aliphatic carbocycles. The van der Waals surface area contributed by atoms with Crippen LogP contribution in [0.3, 0.4) is 0 Å². The Labute approximate surface area is 176 Å². The van der Waals surface area contributed by atoms with Gasteiger partial charge in [0.2, 0.25) is 0 Å². The quantitative estimate of drug-likeness (QED) is 0.518. The summed E-state index contributed by atoms with van der Waals surface area (Å²) in [5.41, 5.74) is 0.705. The first kappa shape index (κ1) is 20.6. The predicted octanol–water partition coefficient (Wildman–Crippen LogP) is 5.15. The highest BCUT2D eigenvalue weighted by Crippen LogP contribution is 2.28. The van der Waals surface area contributed by atoms with Gasteiger partial charge in [0.15, 0.2) is 11.0 Å². The molecule has 0 aliphatic rings. The third-order valence-corrected chi connectivity index (χ3v) is 5.70. The summed E-state index contributed by atoms with van der Waals surface area (Å²) in [6, 6.07) is 11.0. The lowest BCUT2D eigenvalue weighted by Gasteiger charge is -2.12. The topological polar surface area (TPSA) is 59.8 Å². The summed E-state index contributed by atoms with van der Waals surface area (Å²) in [6.45, 7) is 2.15. The van der Waals surface area contributed by atoms with Crippen LogP contribution in [0.15, 0.2) is 47.6 Å². The van der Waals surface area contributed by atoms with Gasteiger partial charge in [0, 0.05) is 5.75 Å². The predicted molar refractivity (Wildman–Crippen MR) is 110 cm³/mol. The first-order chi connectivity index (χ1) is 13.5. The fraction of sp³-hybridized carbons (Fsp3) is 0.211. The molecule has 0 bridgehead atoms. The summed E-state index contributed by atoms with van der Waals surface area (Å²) in [4.78, 5) is 12.3. The van der Waals surface area contributed by atoms with Crippen LogP contribution in [-0.4, -0.2) is 26.4 Å². The van der Waals surface area contributed by atoms with Crippen molar-refractivity contribution in [2.45, 2.75) is 25.0 Å². The second-order valence-corrected chi connectivity index (χ2v) is 7.72. The molecule has 0 atom stereocenters. The van der Waals surface area contributed by atoms with Gasteiger partial charge in [-0.25, -0.2) is 4.39 Å². The van der Waals surface area contributed by atoms with Crippen LogP contribution in [0.2, 0.25) is 10.0 Å². The number of nitrogens with zero attached hydrogens (tertiary/aromatic N) is 3. The van der Waals surface area contributed by atoms with E-state index in [9.17, 15) is 9.18 Å². The monoisotopic (exact) mass is 438 g/mol. The molecule has 1 aromatic heterocycles. The van der Waals surface area contributed by atoms with E-state index in [4.69, 9.17) is 23.2 Å². The second-order valence-electron chi connectivity index (χ2n) is 5.84. The summed E-state index contributed by atoms with van der Waals surface area (Å²) < 4.78 is 15.6. The highest BCUT2D eigenvalue weighted by Gasteiger charge is 2.17. The lowest BCUT2D eigenvalue weighted by atomic mass is 10.2. The van der Waals surface area contributed by atoms with Gasteiger partial charge < -0.3 is 5.32 Å². The molecule has 0 radical (unpaired) electrons. The van der Waals surface area contributed by atoms with Crippen LogP contribution in [0.1, 0.15) is 29.5 Å². The largest absolute Gasteiger partial charge is 0.345 e. The smallest absolute Gasteiger partial charge is 0.254 e. The lowest BCUT2D eigenvalue weighted by molar-refractivity contribution is 0.0945. The molecule has 3 rings (SSSR count). The number of amides is 1. The zero-order chi connectivity index (χ0) is 20.1. The summed E-state index contributed by atoms with van der Waals surface area (Å²) in [7, 11) is 0. The van der Waals surface area contributed by atoms with E-state index < -0.39 is 11.7 Å². The minimum atomic E-state index is -0.579. The van der Waals surface area contributed by atoms with Gasteiger partial charge in [0.25, 0.3) is 5.91 Å². The first-order valence-electron chi connectivity index (χ1n) is 8.56. The summed E-state index contributed by atoms with van der Waals surface area (Å²) in [5, 5.41) is 12.6. The average Bonchev–Trinajstić information content (AvgIpc) is 3.09. The van der Waals surface area contributed by atoms with Gasteiger partial charge in [-0.2, -0.15) is 0 Å². The van der Waals surface area contributed by atoms with Crippen molar-refractivity contribution >= 4 is 40.9 Å². The molecule has 0 unspecified atom stereocenters. The molecule has 146 valence electrons. The summed E-state index contributed by atoms with van der Waals surface area (Å²) >= 11 is 13.7. The number of aromatic nitrogens is 3. The number of thioether (sulfide) groups is 1. The Bertz CT molecular complexity index is 996. The number of carbonyl (C=O) groups is 1. The zero-order valence-electron chi connectivity index (χ0n) is 15.0. The van der Waals surface area contributed by atoms with Crippen molar-refractivity contribution in [1.29, 1.82) is 0 Å². The van der Waals surface area contributed by atoms with Crippen LogP contribution < -0.4 is 5.32 Å². The van der Waals surface area contributed by atoms with Crippen molar-refractivity contribution in [2.24, 2.45) is 0 Å². The van der Waals surface area contributed by atoms with Gasteiger partial charge in [0.1, 0.15) is 5.82 Å². The molecule has 0 saturated heterocycles. The van der Waals surface area contributed by atoms with Crippen molar-refractivity contribution < 1.29 is 9.18 Å². The van der Waals surface area contributed by atoms with E-state index in [2.05, 4.69) is 22.4 Å². The molecule has 2 aromatic carbocycles. The van der Waals surface area contributed by atoms with Crippen molar-refractivity contribution in [3.63, 3.8) is 0 Å². The molecule has 5 nitrogen and oxygen atoms in total. The van der Waals surface area contributed by atoms with Gasteiger partial charge >= 0.3 is 0 Å². The average molecular weight is 439 g/mol. The molecule has 3 aromatic rings. The van der Waals surface area contributed by atoms with Gasteiger partial charge in [-0.1, -0.05) is 54.0 Å². The molecule has 0 aliphatic heterocycles. The number of carbonyl (C=O) groups excluding carboxylic acids is 1.